The van der Waals surface area contributed by atoms with Crippen LogP contribution in [-0.2, 0) is 19.9 Å². The molecule has 0 aromatic carbocycles. The predicted octanol–water partition coefficient (Wildman–Crippen LogP) is 3.51. The Labute approximate surface area is 121 Å². The van der Waals surface area contributed by atoms with Gasteiger partial charge in [-0.3, -0.25) is 4.68 Å². The second kappa shape index (κ2) is 5.84. The lowest BCUT2D eigenvalue weighted by atomic mass is 9.76. The van der Waals surface area contributed by atoms with Crippen molar-refractivity contribution in [1.29, 1.82) is 0 Å². The Kier molecular flexibility index (Phi) is 4.57. The SMILES string of the molecule is CCc1nn(C)c(CC2(O)CCC(CC)CC2)c1Cl. The van der Waals surface area contributed by atoms with E-state index in [0.29, 0.717) is 6.42 Å². The summed E-state index contributed by atoms with van der Waals surface area (Å²) in [5.74, 6) is 0.786. The first-order chi connectivity index (χ1) is 8.99. The molecule has 0 amide bonds. The molecule has 1 fully saturated rings. The number of aryl methyl sites for hydroxylation is 2. The summed E-state index contributed by atoms with van der Waals surface area (Å²) >= 11 is 6.37. The highest BCUT2D eigenvalue weighted by Crippen LogP contribution is 2.37. The van der Waals surface area contributed by atoms with Gasteiger partial charge in [0, 0.05) is 13.5 Å². The third-order valence-electron chi connectivity index (χ3n) is 4.61. The number of hydrogen-bond donors (Lipinski definition) is 1. The Morgan fingerprint density at radius 3 is 2.47 bits per heavy atom. The second-order valence-electron chi connectivity index (χ2n) is 5.94. The maximum absolute atomic E-state index is 10.8. The summed E-state index contributed by atoms with van der Waals surface area (Å²) in [5, 5.41) is 15.9. The first-order valence-corrected chi connectivity index (χ1v) is 7.79. The summed E-state index contributed by atoms with van der Waals surface area (Å²) < 4.78 is 1.84. The number of nitrogens with zero attached hydrogens (tertiary/aromatic N) is 2. The molecule has 0 aliphatic heterocycles. The van der Waals surface area contributed by atoms with E-state index < -0.39 is 5.60 Å². The van der Waals surface area contributed by atoms with Crippen LogP contribution in [0.1, 0.15) is 57.3 Å². The van der Waals surface area contributed by atoms with E-state index in [1.807, 2.05) is 11.7 Å². The van der Waals surface area contributed by atoms with Crippen LogP contribution in [0.25, 0.3) is 0 Å². The van der Waals surface area contributed by atoms with Gasteiger partial charge < -0.3 is 5.11 Å². The van der Waals surface area contributed by atoms with Crippen LogP contribution < -0.4 is 0 Å². The zero-order chi connectivity index (χ0) is 14.0. The summed E-state index contributed by atoms with van der Waals surface area (Å²) in [7, 11) is 1.92. The molecule has 3 nitrogen and oxygen atoms in total. The first kappa shape index (κ1) is 14.9. The van der Waals surface area contributed by atoms with E-state index >= 15 is 0 Å². The first-order valence-electron chi connectivity index (χ1n) is 7.41. The molecule has 0 spiro atoms. The molecule has 2 rings (SSSR count). The van der Waals surface area contributed by atoms with Gasteiger partial charge in [-0.05, 0) is 38.0 Å². The Morgan fingerprint density at radius 2 is 2.00 bits per heavy atom. The number of hydrogen-bond acceptors (Lipinski definition) is 2. The molecule has 0 bridgehead atoms. The number of rotatable bonds is 4. The van der Waals surface area contributed by atoms with Crippen LogP contribution >= 0.6 is 11.6 Å². The minimum Gasteiger partial charge on any atom is -0.389 e. The minimum absolute atomic E-state index is 0.589. The molecule has 1 aromatic heterocycles. The van der Waals surface area contributed by atoms with Gasteiger partial charge in [-0.2, -0.15) is 5.10 Å². The van der Waals surface area contributed by atoms with Crippen molar-refractivity contribution in [3.05, 3.63) is 16.4 Å². The van der Waals surface area contributed by atoms with Gasteiger partial charge in [0.05, 0.1) is 22.0 Å². The van der Waals surface area contributed by atoms with Gasteiger partial charge >= 0.3 is 0 Å². The van der Waals surface area contributed by atoms with Gasteiger partial charge in [-0.15, -0.1) is 0 Å². The number of halogens is 1. The van der Waals surface area contributed by atoms with Gasteiger partial charge in [0.15, 0.2) is 0 Å². The van der Waals surface area contributed by atoms with Crippen LogP contribution in [0.5, 0.6) is 0 Å². The Morgan fingerprint density at radius 1 is 1.37 bits per heavy atom. The standard InChI is InChI=1S/C15H25ClN2O/c1-4-11-6-8-15(19,9-7-11)10-13-14(16)12(5-2)17-18(13)3/h11,19H,4-10H2,1-3H3. The third kappa shape index (κ3) is 3.14. The zero-order valence-corrected chi connectivity index (χ0v) is 13.0. The Bertz CT molecular complexity index is 434. The molecule has 0 atom stereocenters. The summed E-state index contributed by atoms with van der Waals surface area (Å²) in [5.41, 5.74) is 1.33. The van der Waals surface area contributed by atoms with Crippen molar-refractivity contribution in [2.75, 3.05) is 0 Å². The molecule has 19 heavy (non-hydrogen) atoms. The molecule has 4 heteroatoms. The highest BCUT2D eigenvalue weighted by Gasteiger charge is 2.34. The highest BCUT2D eigenvalue weighted by molar-refractivity contribution is 6.31. The Balaban J connectivity index is 2.11. The largest absolute Gasteiger partial charge is 0.389 e. The van der Waals surface area contributed by atoms with E-state index in [1.165, 1.54) is 6.42 Å². The van der Waals surface area contributed by atoms with Gasteiger partial charge in [-0.25, -0.2) is 0 Å². The molecule has 0 saturated heterocycles. The fourth-order valence-corrected chi connectivity index (χ4v) is 3.48. The molecule has 1 saturated carbocycles. The van der Waals surface area contributed by atoms with Gasteiger partial charge in [0.25, 0.3) is 0 Å². The van der Waals surface area contributed by atoms with E-state index in [-0.39, 0.29) is 0 Å². The van der Waals surface area contributed by atoms with E-state index in [2.05, 4.69) is 18.9 Å². The summed E-state index contributed by atoms with van der Waals surface area (Å²) in [6.07, 6.45) is 6.71. The third-order valence-corrected chi connectivity index (χ3v) is 5.05. The Hall–Kier alpha value is -0.540. The van der Waals surface area contributed by atoms with Crippen molar-refractivity contribution in [1.82, 2.24) is 9.78 Å². The van der Waals surface area contributed by atoms with Crippen LogP contribution in [0.2, 0.25) is 5.02 Å². The van der Waals surface area contributed by atoms with Crippen molar-refractivity contribution < 1.29 is 5.11 Å². The molecule has 0 unspecified atom stereocenters. The van der Waals surface area contributed by atoms with Gasteiger partial charge in [-0.1, -0.05) is 31.9 Å². The monoisotopic (exact) mass is 284 g/mol. The van der Waals surface area contributed by atoms with Crippen LogP contribution in [0.15, 0.2) is 0 Å². The molecule has 1 aliphatic rings. The molecule has 1 heterocycles. The van der Waals surface area contributed by atoms with Crippen molar-refractivity contribution >= 4 is 11.6 Å². The van der Waals surface area contributed by atoms with Crippen molar-refractivity contribution in [2.24, 2.45) is 13.0 Å². The van der Waals surface area contributed by atoms with Gasteiger partial charge in [0.2, 0.25) is 0 Å². The zero-order valence-electron chi connectivity index (χ0n) is 12.2. The van der Waals surface area contributed by atoms with Crippen molar-refractivity contribution in [2.45, 2.75) is 64.4 Å². The maximum Gasteiger partial charge on any atom is 0.0850 e. The fraction of sp³-hybridized carbons (Fsp3) is 0.800. The highest BCUT2D eigenvalue weighted by atomic mass is 35.5. The molecule has 108 valence electrons. The van der Waals surface area contributed by atoms with Crippen LogP contribution in [0.4, 0.5) is 0 Å². The quantitative estimate of drug-likeness (QED) is 0.919. The fourth-order valence-electron chi connectivity index (χ4n) is 3.12. The molecular formula is C15H25ClN2O. The topological polar surface area (TPSA) is 38.0 Å². The van der Waals surface area contributed by atoms with E-state index in [0.717, 1.165) is 54.4 Å². The van der Waals surface area contributed by atoms with Crippen LogP contribution in [0, 0.1) is 5.92 Å². The van der Waals surface area contributed by atoms with E-state index in [9.17, 15) is 5.11 Å². The predicted molar refractivity (Wildman–Crippen MR) is 78.5 cm³/mol. The average Bonchev–Trinajstić information content (AvgIpc) is 2.67. The van der Waals surface area contributed by atoms with Crippen molar-refractivity contribution in [3.63, 3.8) is 0 Å². The lowest BCUT2D eigenvalue weighted by Crippen LogP contribution is -2.36. The number of aromatic nitrogens is 2. The molecule has 1 aromatic rings. The molecule has 0 radical (unpaired) electrons. The maximum atomic E-state index is 10.8. The van der Waals surface area contributed by atoms with Crippen LogP contribution in [0.3, 0.4) is 0 Å². The van der Waals surface area contributed by atoms with Crippen LogP contribution in [-0.4, -0.2) is 20.5 Å². The normalized spacial score (nSPS) is 27.7. The molecular weight excluding hydrogens is 260 g/mol. The molecule has 1 N–H and O–H groups in total. The smallest absolute Gasteiger partial charge is 0.0850 e. The minimum atomic E-state index is -0.589. The lowest BCUT2D eigenvalue weighted by molar-refractivity contribution is -0.0106. The summed E-state index contributed by atoms with van der Waals surface area (Å²) in [6.45, 7) is 4.29. The van der Waals surface area contributed by atoms with E-state index in [1.54, 1.807) is 0 Å². The second-order valence-corrected chi connectivity index (χ2v) is 6.32. The van der Waals surface area contributed by atoms with Gasteiger partial charge in [0.1, 0.15) is 0 Å². The summed E-state index contributed by atoms with van der Waals surface area (Å²) in [6, 6.07) is 0. The lowest BCUT2D eigenvalue weighted by Gasteiger charge is -2.35. The molecule has 1 aliphatic carbocycles. The van der Waals surface area contributed by atoms with Crippen molar-refractivity contribution in [3.8, 4) is 0 Å². The average molecular weight is 285 g/mol. The number of aliphatic hydroxyl groups is 1. The van der Waals surface area contributed by atoms with E-state index in [4.69, 9.17) is 11.6 Å². The summed E-state index contributed by atoms with van der Waals surface area (Å²) in [4.78, 5) is 0.